The number of hydrogen-bond donors (Lipinski definition) is 2. The first-order valence-electron chi connectivity index (χ1n) is 8.04. The number of methoxy groups -OCH3 is 1. The Morgan fingerprint density at radius 1 is 1.23 bits per heavy atom. The third-order valence-electron chi connectivity index (χ3n) is 4.15. The monoisotopic (exact) mass is 351 g/mol. The lowest BCUT2D eigenvalue weighted by Gasteiger charge is -2.10. The number of pyridine rings is 1. The van der Waals surface area contributed by atoms with Crippen molar-refractivity contribution < 1.29 is 19.0 Å². The van der Waals surface area contributed by atoms with Crippen LogP contribution in [0.1, 0.15) is 16.1 Å². The van der Waals surface area contributed by atoms with Crippen LogP contribution in [-0.2, 0) is 4.74 Å². The number of anilines is 2. The van der Waals surface area contributed by atoms with E-state index >= 15 is 0 Å². The van der Waals surface area contributed by atoms with Gasteiger partial charge in [-0.3, -0.25) is 0 Å². The molecule has 2 aromatic heterocycles. The van der Waals surface area contributed by atoms with E-state index in [9.17, 15) is 4.79 Å². The van der Waals surface area contributed by atoms with Crippen LogP contribution in [0.3, 0.4) is 0 Å². The van der Waals surface area contributed by atoms with Gasteiger partial charge in [-0.25, -0.2) is 9.78 Å². The van der Waals surface area contributed by atoms with Crippen molar-refractivity contribution >= 4 is 17.5 Å². The van der Waals surface area contributed by atoms with Crippen LogP contribution in [0.15, 0.2) is 42.7 Å². The van der Waals surface area contributed by atoms with Crippen LogP contribution in [0.4, 0.5) is 11.5 Å². The van der Waals surface area contributed by atoms with Gasteiger partial charge in [-0.15, -0.1) is 0 Å². The third kappa shape index (κ3) is 2.95. The van der Waals surface area contributed by atoms with Crippen molar-refractivity contribution in [1.82, 2.24) is 9.97 Å². The van der Waals surface area contributed by atoms with Crippen molar-refractivity contribution in [2.24, 2.45) is 0 Å². The second-order valence-corrected chi connectivity index (χ2v) is 5.87. The highest BCUT2D eigenvalue weighted by Crippen LogP contribution is 2.35. The molecule has 0 fully saturated rings. The fourth-order valence-corrected chi connectivity index (χ4v) is 2.80. The van der Waals surface area contributed by atoms with Crippen LogP contribution in [-0.4, -0.2) is 29.8 Å². The summed E-state index contributed by atoms with van der Waals surface area (Å²) in [6, 6.07) is 9.33. The molecule has 0 aliphatic carbocycles. The van der Waals surface area contributed by atoms with E-state index in [1.54, 1.807) is 18.5 Å². The predicted molar refractivity (Wildman–Crippen MR) is 95.9 cm³/mol. The van der Waals surface area contributed by atoms with Gasteiger partial charge in [0.05, 0.1) is 7.11 Å². The molecule has 0 unspecified atom stereocenters. The zero-order valence-electron chi connectivity index (χ0n) is 14.3. The summed E-state index contributed by atoms with van der Waals surface area (Å²) in [6.45, 7) is 2.21. The number of hydrogen-bond acceptors (Lipinski definition) is 6. The van der Waals surface area contributed by atoms with Gasteiger partial charge >= 0.3 is 5.97 Å². The Morgan fingerprint density at radius 3 is 2.92 bits per heavy atom. The zero-order chi connectivity index (χ0) is 18.1. The van der Waals surface area contributed by atoms with Gasteiger partial charge in [0.25, 0.3) is 0 Å². The molecular weight excluding hydrogens is 334 g/mol. The maximum atomic E-state index is 11.6. The molecule has 0 spiro atoms. The Kier molecular flexibility index (Phi) is 3.96. The van der Waals surface area contributed by atoms with Gasteiger partial charge in [-0.1, -0.05) is 0 Å². The molecular formula is C19H17N3O4. The highest BCUT2D eigenvalue weighted by atomic mass is 16.7. The second kappa shape index (κ2) is 6.44. The van der Waals surface area contributed by atoms with Gasteiger partial charge in [-0.05, 0) is 42.3 Å². The van der Waals surface area contributed by atoms with Gasteiger partial charge < -0.3 is 24.5 Å². The Hall–Kier alpha value is -3.48. The molecule has 1 aliphatic heterocycles. The lowest BCUT2D eigenvalue weighted by atomic mass is 10.1. The van der Waals surface area contributed by atoms with E-state index < -0.39 is 5.97 Å². The lowest BCUT2D eigenvalue weighted by Crippen LogP contribution is -2.00. The number of aromatic amines is 1. The summed E-state index contributed by atoms with van der Waals surface area (Å²) in [5, 5.41) is 3.26. The summed E-state index contributed by atoms with van der Waals surface area (Å²) in [4.78, 5) is 19.0. The van der Waals surface area contributed by atoms with Crippen LogP contribution in [0.2, 0.25) is 0 Å². The second-order valence-electron chi connectivity index (χ2n) is 5.87. The minimum atomic E-state index is -0.401. The van der Waals surface area contributed by atoms with E-state index in [1.807, 2.05) is 31.2 Å². The van der Waals surface area contributed by atoms with Crippen molar-refractivity contribution in [3.8, 4) is 22.6 Å². The molecule has 1 aromatic carbocycles. The number of H-pyrrole nitrogens is 1. The van der Waals surface area contributed by atoms with E-state index in [-0.39, 0.29) is 6.79 Å². The maximum Gasteiger partial charge on any atom is 0.354 e. The number of carbonyl (C=O) groups excluding carboxylic acids is 1. The number of aromatic nitrogens is 2. The quantitative estimate of drug-likeness (QED) is 0.698. The maximum absolute atomic E-state index is 11.6. The van der Waals surface area contributed by atoms with E-state index in [1.165, 1.54) is 7.11 Å². The van der Waals surface area contributed by atoms with E-state index in [0.29, 0.717) is 17.3 Å². The molecule has 2 N–H and O–H groups in total. The number of ether oxygens (including phenoxy) is 3. The number of nitrogens with zero attached hydrogens (tertiary/aromatic N) is 1. The molecule has 0 bridgehead atoms. The summed E-state index contributed by atoms with van der Waals surface area (Å²) >= 11 is 0. The number of rotatable bonds is 4. The normalized spacial score (nSPS) is 12.1. The Balaban J connectivity index is 1.62. The largest absolute Gasteiger partial charge is 0.464 e. The van der Waals surface area contributed by atoms with Crippen molar-refractivity contribution in [3.05, 3.63) is 54.0 Å². The SMILES string of the molecule is COC(=O)c1cc(-c2cc(Nc3ccc4c(c3)OCO4)ncc2C)c[nH]1. The highest BCUT2D eigenvalue weighted by molar-refractivity contribution is 5.89. The summed E-state index contributed by atoms with van der Waals surface area (Å²) < 4.78 is 15.5. The molecule has 7 nitrogen and oxygen atoms in total. The topological polar surface area (TPSA) is 85.5 Å². The Morgan fingerprint density at radius 2 is 2.08 bits per heavy atom. The molecule has 4 rings (SSSR count). The molecule has 0 saturated carbocycles. The fourth-order valence-electron chi connectivity index (χ4n) is 2.80. The summed E-state index contributed by atoms with van der Waals surface area (Å²) in [5.41, 5.74) is 4.11. The van der Waals surface area contributed by atoms with Gasteiger partial charge in [0.1, 0.15) is 11.5 Å². The smallest absolute Gasteiger partial charge is 0.354 e. The van der Waals surface area contributed by atoms with Gasteiger partial charge in [-0.2, -0.15) is 0 Å². The van der Waals surface area contributed by atoms with Crippen molar-refractivity contribution in [1.29, 1.82) is 0 Å². The van der Waals surface area contributed by atoms with Crippen molar-refractivity contribution in [2.45, 2.75) is 6.92 Å². The summed E-state index contributed by atoms with van der Waals surface area (Å²) in [7, 11) is 1.36. The van der Waals surface area contributed by atoms with Gasteiger partial charge in [0.2, 0.25) is 6.79 Å². The molecule has 132 valence electrons. The summed E-state index contributed by atoms with van der Waals surface area (Å²) in [6.07, 6.45) is 3.56. The molecule has 7 heteroatoms. The zero-order valence-corrected chi connectivity index (χ0v) is 14.3. The van der Waals surface area contributed by atoms with Crippen molar-refractivity contribution in [3.63, 3.8) is 0 Å². The molecule has 0 saturated heterocycles. The van der Waals surface area contributed by atoms with Crippen LogP contribution in [0.25, 0.3) is 11.1 Å². The average Bonchev–Trinajstić information content (AvgIpc) is 3.31. The molecule has 0 amide bonds. The van der Waals surface area contributed by atoms with E-state index in [0.717, 1.165) is 28.1 Å². The van der Waals surface area contributed by atoms with Crippen LogP contribution < -0.4 is 14.8 Å². The first-order chi connectivity index (χ1) is 12.6. The summed E-state index contributed by atoms with van der Waals surface area (Å²) in [5.74, 6) is 1.72. The number of carbonyl (C=O) groups is 1. The number of fused-ring (bicyclic) bond motifs is 1. The van der Waals surface area contributed by atoms with E-state index in [2.05, 4.69) is 15.3 Å². The number of aryl methyl sites for hydroxylation is 1. The molecule has 1 aliphatic rings. The van der Waals surface area contributed by atoms with Gasteiger partial charge in [0.15, 0.2) is 11.5 Å². The number of benzene rings is 1. The molecule has 26 heavy (non-hydrogen) atoms. The predicted octanol–water partition coefficient (Wildman–Crippen LogP) is 3.64. The Bertz CT molecular complexity index is 981. The van der Waals surface area contributed by atoms with Crippen LogP contribution >= 0.6 is 0 Å². The first-order valence-corrected chi connectivity index (χ1v) is 8.04. The highest BCUT2D eigenvalue weighted by Gasteiger charge is 2.14. The number of nitrogens with one attached hydrogen (secondary N) is 2. The molecule has 0 radical (unpaired) electrons. The minimum Gasteiger partial charge on any atom is -0.464 e. The lowest BCUT2D eigenvalue weighted by molar-refractivity contribution is 0.0595. The minimum absolute atomic E-state index is 0.238. The first kappa shape index (κ1) is 16.0. The van der Waals surface area contributed by atoms with E-state index in [4.69, 9.17) is 14.2 Å². The molecule has 3 aromatic rings. The third-order valence-corrected chi connectivity index (χ3v) is 4.15. The molecule has 0 atom stereocenters. The molecule has 3 heterocycles. The number of esters is 1. The van der Waals surface area contributed by atoms with Gasteiger partial charge in [0, 0.05) is 29.7 Å². The van der Waals surface area contributed by atoms with Crippen LogP contribution in [0.5, 0.6) is 11.5 Å². The van der Waals surface area contributed by atoms with Crippen LogP contribution in [0, 0.1) is 6.92 Å². The van der Waals surface area contributed by atoms with Crippen molar-refractivity contribution in [2.75, 3.05) is 19.2 Å². The standard InChI is InChI=1S/C19H17N3O4/c1-11-8-21-18(22-13-3-4-16-17(6-13)26-10-25-16)7-14(11)12-5-15(20-9-12)19(23)24-2/h3-9,20H,10H2,1-2H3,(H,21,22). The fraction of sp³-hybridized carbons (Fsp3) is 0.158. The Labute approximate surface area is 149 Å². The average molecular weight is 351 g/mol.